The summed E-state index contributed by atoms with van der Waals surface area (Å²) in [7, 11) is 0. The molecule has 19 heavy (non-hydrogen) atoms. The Morgan fingerprint density at radius 2 is 1.79 bits per heavy atom. The third-order valence-corrected chi connectivity index (χ3v) is 6.69. The summed E-state index contributed by atoms with van der Waals surface area (Å²) in [5.41, 5.74) is 0.441. The van der Waals surface area contributed by atoms with Crippen LogP contribution in [-0.2, 0) is 4.74 Å². The van der Waals surface area contributed by atoms with Crippen LogP contribution in [0.25, 0.3) is 0 Å². The molecule has 0 aromatic rings. The normalized spacial score (nSPS) is 53.2. The maximum atomic E-state index is 10.8. The van der Waals surface area contributed by atoms with E-state index in [1.807, 2.05) is 0 Å². The van der Waals surface area contributed by atoms with Gasteiger partial charge in [0.05, 0.1) is 11.7 Å². The molecule has 1 saturated heterocycles. The Hall–Kier alpha value is -0.0800. The van der Waals surface area contributed by atoms with Gasteiger partial charge in [0.1, 0.15) is 0 Å². The standard InChI is InChI=1S/C17H30O2/c1-15(2)8-6-9-16(3)13-7-5-10-19-17(13,4)11-12(18)14(15)16/h12-14,18H,5-11H2,1-4H3. The van der Waals surface area contributed by atoms with E-state index in [1.54, 1.807) is 0 Å². The van der Waals surface area contributed by atoms with Crippen molar-refractivity contribution in [2.45, 2.75) is 77.9 Å². The molecule has 0 aromatic heterocycles. The zero-order valence-corrected chi connectivity index (χ0v) is 13.0. The van der Waals surface area contributed by atoms with E-state index in [-0.39, 0.29) is 22.5 Å². The van der Waals surface area contributed by atoms with Gasteiger partial charge in [-0.1, -0.05) is 27.2 Å². The number of hydrogen-bond donors (Lipinski definition) is 1. The van der Waals surface area contributed by atoms with Crippen LogP contribution in [-0.4, -0.2) is 23.4 Å². The minimum Gasteiger partial charge on any atom is -0.393 e. The molecule has 2 saturated carbocycles. The average Bonchev–Trinajstić information content (AvgIpc) is 2.25. The van der Waals surface area contributed by atoms with Crippen molar-refractivity contribution in [2.75, 3.05) is 6.61 Å². The average molecular weight is 266 g/mol. The second kappa shape index (κ2) is 4.21. The Balaban J connectivity index is 2.02. The van der Waals surface area contributed by atoms with Crippen LogP contribution < -0.4 is 0 Å². The van der Waals surface area contributed by atoms with E-state index in [2.05, 4.69) is 27.7 Å². The van der Waals surface area contributed by atoms with Crippen molar-refractivity contribution in [1.82, 2.24) is 0 Å². The van der Waals surface area contributed by atoms with Crippen LogP contribution in [0.2, 0.25) is 0 Å². The van der Waals surface area contributed by atoms with Gasteiger partial charge >= 0.3 is 0 Å². The van der Waals surface area contributed by atoms with Crippen LogP contribution in [0.1, 0.15) is 66.2 Å². The lowest BCUT2D eigenvalue weighted by atomic mass is 9.44. The van der Waals surface area contributed by atoms with E-state index in [1.165, 1.54) is 32.1 Å². The van der Waals surface area contributed by atoms with E-state index >= 15 is 0 Å². The van der Waals surface area contributed by atoms with Gasteiger partial charge in [-0.15, -0.1) is 0 Å². The highest BCUT2D eigenvalue weighted by Crippen LogP contribution is 2.64. The Bertz CT molecular complexity index is 364. The molecule has 0 bridgehead atoms. The topological polar surface area (TPSA) is 29.5 Å². The van der Waals surface area contributed by atoms with Crippen molar-refractivity contribution in [3.05, 3.63) is 0 Å². The van der Waals surface area contributed by atoms with Gasteiger partial charge in [0.2, 0.25) is 0 Å². The molecule has 0 radical (unpaired) electrons. The predicted molar refractivity (Wildman–Crippen MR) is 76.9 cm³/mol. The van der Waals surface area contributed by atoms with Crippen molar-refractivity contribution in [3.8, 4) is 0 Å². The fourth-order valence-electron chi connectivity index (χ4n) is 6.24. The smallest absolute Gasteiger partial charge is 0.0712 e. The quantitative estimate of drug-likeness (QED) is 0.723. The molecule has 0 spiro atoms. The monoisotopic (exact) mass is 266 g/mol. The molecule has 110 valence electrons. The van der Waals surface area contributed by atoms with Crippen molar-refractivity contribution < 1.29 is 9.84 Å². The summed E-state index contributed by atoms with van der Waals surface area (Å²) >= 11 is 0. The predicted octanol–water partition coefficient (Wildman–Crippen LogP) is 3.77. The zero-order valence-electron chi connectivity index (χ0n) is 13.0. The highest BCUT2D eigenvalue weighted by Gasteiger charge is 2.62. The number of aliphatic hydroxyl groups is 1. The fraction of sp³-hybridized carbons (Fsp3) is 1.00. The molecular weight excluding hydrogens is 236 g/mol. The molecule has 5 atom stereocenters. The van der Waals surface area contributed by atoms with Crippen LogP contribution in [0.4, 0.5) is 0 Å². The first-order chi connectivity index (χ1) is 8.80. The van der Waals surface area contributed by atoms with Gasteiger partial charge in [-0.25, -0.2) is 0 Å². The molecule has 2 aliphatic carbocycles. The van der Waals surface area contributed by atoms with Gasteiger partial charge < -0.3 is 9.84 Å². The second-order valence-electron chi connectivity index (χ2n) is 8.45. The number of rotatable bonds is 0. The third kappa shape index (κ3) is 1.90. The van der Waals surface area contributed by atoms with E-state index in [0.717, 1.165) is 13.0 Å². The van der Waals surface area contributed by atoms with Gasteiger partial charge in [-0.05, 0) is 55.3 Å². The molecule has 2 nitrogen and oxygen atoms in total. The summed E-state index contributed by atoms with van der Waals surface area (Å²) < 4.78 is 6.16. The van der Waals surface area contributed by atoms with Gasteiger partial charge in [0.25, 0.3) is 0 Å². The Labute approximate surface area is 117 Å². The molecule has 1 heterocycles. The van der Waals surface area contributed by atoms with Crippen molar-refractivity contribution in [1.29, 1.82) is 0 Å². The Kier molecular flexibility index (Phi) is 3.07. The van der Waals surface area contributed by atoms with Gasteiger partial charge in [-0.2, -0.15) is 0 Å². The number of ether oxygens (including phenoxy) is 1. The lowest BCUT2D eigenvalue weighted by molar-refractivity contribution is -0.246. The molecular formula is C17H30O2. The van der Waals surface area contributed by atoms with Gasteiger partial charge in [-0.3, -0.25) is 0 Å². The SMILES string of the molecule is CC1(C)CCCC2(C)C1C(O)CC1(C)OCCCC12. The fourth-order valence-corrected chi connectivity index (χ4v) is 6.24. The molecule has 1 N–H and O–H groups in total. The summed E-state index contributed by atoms with van der Waals surface area (Å²) in [6, 6.07) is 0. The lowest BCUT2D eigenvalue weighted by Crippen LogP contribution is -2.64. The number of hydrogen-bond acceptors (Lipinski definition) is 2. The van der Waals surface area contributed by atoms with E-state index < -0.39 is 0 Å². The van der Waals surface area contributed by atoms with E-state index in [4.69, 9.17) is 4.74 Å². The molecule has 5 unspecified atom stereocenters. The minimum absolute atomic E-state index is 0.0870. The van der Waals surface area contributed by atoms with Crippen molar-refractivity contribution in [3.63, 3.8) is 0 Å². The van der Waals surface area contributed by atoms with Crippen molar-refractivity contribution in [2.24, 2.45) is 22.7 Å². The maximum Gasteiger partial charge on any atom is 0.0712 e. The van der Waals surface area contributed by atoms with Gasteiger partial charge in [0.15, 0.2) is 0 Å². The first-order valence-electron chi connectivity index (χ1n) is 8.12. The molecule has 3 rings (SSSR count). The maximum absolute atomic E-state index is 10.8. The van der Waals surface area contributed by atoms with Crippen LogP contribution in [0.15, 0.2) is 0 Å². The Morgan fingerprint density at radius 3 is 2.53 bits per heavy atom. The molecule has 0 aromatic carbocycles. The minimum atomic E-state index is -0.195. The lowest BCUT2D eigenvalue weighted by Gasteiger charge is -2.64. The van der Waals surface area contributed by atoms with E-state index in [9.17, 15) is 5.11 Å². The van der Waals surface area contributed by atoms with Crippen molar-refractivity contribution >= 4 is 0 Å². The number of fused-ring (bicyclic) bond motifs is 3. The molecule has 3 aliphatic rings. The summed E-state index contributed by atoms with van der Waals surface area (Å²) in [6.45, 7) is 10.3. The number of aliphatic hydroxyl groups excluding tert-OH is 1. The van der Waals surface area contributed by atoms with Crippen LogP contribution in [0.3, 0.4) is 0 Å². The molecule has 2 heteroatoms. The van der Waals surface area contributed by atoms with E-state index in [0.29, 0.717) is 11.8 Å². The van der Waals surface area contributed by atoms with Crippen LogP contribution in [0.5, 0.6) is 0 Å². The second-order valence-corrected chi connectivity index (χ2v) is 8.45. The summed E-state index contributed by atoms with van der Waals surface area (Å²) in [5, 5.41) is 10.8. The molecule has 0 amide bonds. The third-order valence-electron chi connectivity index (χ3n) is 6.69. The largest absolute Gasteiger partial charge is 0.393 e. The molecule has 3 fully saturated rings. The summed E-state index contributed by atoms with van der Waals surface area (Å²) in [4.78, 5) is 0. The van der Waals surface area contributed by atoms with Crippen LogP contribution in [0, 0.1) is 22.7 Å². The van der Waals surface area contributed by atoms with Gasteiger partial charge in [0, 0.05) is 13.0 Å². The highest BCUT2D eigenvalue weighted by atomic mass is 16.5. The highest BCUT2D eigenvalue weighted by molar-refractivity contribution is 5.11. The summed E-state index contributed by atoms with van der Waals surface area (Å²) in [5.74, 6) is 1.07. The summed E-state index contributed by atoms with van der Waals surface area (Å²) in [6.07, 6.45) is 6.95. The molecule has 1 aliphatic heterocycles. The first-order valence-corrected chi connectivity index (χ1v) is 8.12. The Morgan fingerprint density at radius 1 is 1.05 bits per heavy atom. The zero-order chi connectivity index (χ0) is 13.9. The van der Waals surface area contributed by atoms with Crippen LogP contribution >= 0.6 is 0 Å². The first kappa shape index (κ1) is 13.9.